The summed E-state index contributed by atoms with van der Waals surface area (Å²) in [6.45, 7) is 4.08. The number of carbonyl (C=O) groups excluding carboxylic acids is 2. The Bertz CT molecular complexity index is 1000. The Hall–Kier alpha value is -2.92. The summed E-state index contributed by atoms with van der Waals surface area (Å²) >= 11 is 0. The van der Waals surface area contributed by atoms with Crippen molar-refractivity contribution in [3.05, 3.63) is 47.3 Å². The number of rotatable bonds is 6. The lowest BCUT2D eigenvalue weighted by molar-refractivity contribution is -0.130. The maximum absolute atomic E-state index is 13.0. The van der Waals surface area contributed by atoms with Crippen molar-refractivity contribution in [3.8, 4) is 0 Å². The van der Waals surface area contributed by atoms with Crippen LogP contribution in [-0.2, 0) is 26.2 Å². The second-order valence-electron chi connectivity index (χ2n) is 7.21. The third-order valence-electron chi connectivity index (χ3n) is 4.97. The highest BCUT2D eigenvalue weighted by atomic mass is 32.2. The molecule has 1 N–H and O–H groups in total. The van der Waals surface area contributed by atoms with Gasteiger partial charge in [-0.3, -0.25) is 4.79 Å². The number of aromatic nitrogens is 1. The predicted octanol–water partition coefficient (Wildman–Crippen LogP) is 1.44. The standard InChI is InChI=1S/C20H26N4O6S/c1-15-19(16(2)30-22-15)31(27,28)24-10-6-9-23(11-12-24)18(25)13-21-20(26)29-14-17-7-4-3-5-8-17/h3-5,7-8H,6,9-14H2,1-2H3,(H,21,26). The molecule has 31 heavy (non-hydrogen) atoms. The van der Waals surface area contributed by atoms with Crippen molar-refractivity contribution in [1.29, 1.82) is 0 Å². The normalized spacial score (nSPS) is 15.4. The van der Waals surface area contributed by atoms with E-state index in [2.05, 4.69) is 10.5 Å². The van der Waals surface area contributed by atoms with Crippen LogP contribution >= 0.6 is 0 Å². The third-order valence-corrected chi connectivity index (χ3v) is 7.11. The zero-order chi connectivity index (χ0) is 22.4. The van der Waals surface area contributed by atoms with Gasteiger partial charge in [0.1, 0.15) is 23.7 Å². The summed E-state index contributed by atoms with van der Waals surface area (Å²) < 4.78 is 37.4. The Morgan fingerprint density at radius 2 is 1.87 bits per heavy atom. The van der Waals surface area contributed by atoms with Crippen molar-refractivity contribution in [2.24, 2.45) is 0 Å². The monoisotopic (exact) mass is 450 g/mol. The lowest BCUT2D eigenvalue weighted by Crippen LogP contribution is -2.42. The zero-order valence-corrected chi connectivity index (χ0v) is 18.4. The second-order valence-corrected chi connectivity index (χ2v) is 9.08. The molecule has 1 aliphatic heterocycles. The summed E-state index contributed by atoms with van der Waals surface area (Å²) in [5.74, 6) is -0.0545. The van der Waals surface area contributed by atoms with E-state index >= 15 is 0 Å². The number of benzene rings is 1. The van der Waals surface area contributed by atoms with Crippen LogP contribution in [0.1, 0.15) is 23.4 Å². The van der Waals surface area contributed by atoms with Crippen LogP contribution in [0.2, 0.25) is 0 Å². The summed E-state index contributed by atoms with van der Waals surface area (Å²) in [7, 11) is -3.76. The molecule has 0 unspecified atom stereocenters. The Kier molecular flexibility index (Phi) is 7.29. The zero-order valence-electron chi connectivity index (χ0n) is 17.5. The molecule has 168 valence electrons. The van der Waals surface area contributed by atoms with Gasteiger partial charge in [-0.15, -0.1) is 0 Å². The number of aryl methyl sites for hydroxylation is 2. The van der Waals surface area contributed by atoms with Gasteiger partial charge in [-0.05, 0) is 25.8 Å². The summed E-state index contributed by atoms with van der Waals surface area (Å²) in [6, 6.07) is 9.21. The number of hydrogen-bond acceptors (Lipinski definition) is 7. The van der Waals surface area contributed by atoms with Crippen molar-refractivity contribution in [1.82, 2.24) is 19.7 Å². The van der Waals surface area contributed by atoms with E-state index in [1.165, 1.54) is 4.31 Å². The molecule has 2 heterocycles. The fraction of sp³-hybridized carbons (Fsp3) is 0.450. The highest BCUT2D eigenvalue weighted by Crippen LogP contribution is 2.24. The summed E-state index contributed by atoms with van der Waals surface area (Å²) in [5, 5.41) is 6.17. The molecule has 10 nitrogen and oxygen atoms in total. The Morgan fingerprint density at radius 1 is 1.13 bits per heavy atom. The fourth-order valence-corrected chi connectivity index (χ4v) is 5.15. The van der Waals surface area contributed by atoms with Crippen LogP contribution < -0.4 is 5.32 Å². The van der Waals surface area contributed by atoms with E-state index in [1.807, 2.05) is 30.3 Å². The van der Waals surface area contributed by atoms with Gasteiger partial charge in [-0.1, -0.05) is 35.5 Å². The molecule has 2 amide bonds. The molecular formula is C20H26N4O6S. The smallest absolute Gasteiger partial charge is 0.407 e. The Morgan fingerprint density at radius 3 is 2.55 bits per heavy atom. The third kappa shape index (κ3) is 5.61. The maximum atomic E-state index is 13.0. The molecule has 0 aliphatic carbocycles. The molecule has 2 aromatic rings. The van der Waals surface area contributed by atoms with Crippen LogP contribution in [0.25, 0.3) is 0 Å². The number of sulfonamides is 1. The van der Waals surface area contributed by atoms with Crippen LogP contribution in [0, 0.1) is 13.8 Å². The van der Waals surface area contributed by atoms with E-state index in [1.54, 1.807) is 18.7 Å². The minimum Gasteiger partial charge on any atom is -0.445 e. The van der Waals surface area contributed by atoms with E-state index in [0.29, 0.717) is 18.7 Å². The van der Waals surface area contributed by atoms with Crippen LogP contribution in [0.15, 0.2) is 39.8 Å². The van der Waals surface area contributed by atoms with Crippen molar-refractivity contribution in [2.75, 3.05) is 32.7 Å². The number of hydrogen-bond donors (Lipinski definition) is 1. The average molecular weight is 451 g/mol. The molecule has 1 saturated heterocycles. The number of nitrogens with one attached hydrogen (secondary N) is 1. The molecular weight excluding hydrogens is 424 g/mol. The van der Waals surface area contributed by atoms with Gasteiger partial charge in [0, 0.05) is 26.2 Å². The molecule has 1 aromatic heterocycles. The Labute approximate surface area is 181 Å². The molecule has 1 fully saturated rings. The number of carbonyl (C=O) groups is 2. The van der Waals surface area contributed by atoms with E-state index in [0.717, 1.165) is 5.56 Å². The molecule has 3 rings (SSSR count). The maximum Gasteiger partial charge on any atom is 0.407 e. The highest BCUT2D eigenvalue weighted by Gasteiger charge is 2.32. The molecule has 1 aliphatic rings. The van der Waals surface area contributed by atoms with E-state index in [9.17, 15) is 18.0 Å². The lowest BCUT2D eigenvalue weighted by atomic mass is 10.2. The van der Waals surface area contributed by atoms with Crippen molar-refractivity contribution in [2.45, 2.75) is 31.8 Å². The first-order valence-corrected chi connectivity index (χ1v) is 11.4. The molecule has 0 spiro atoms. The van der Waals surface area contributed by atoms with Gasteiger partial charge >= 0.3 is 6.09 Å². The van der Waals surface area contributed by atoms with Gasteiger partial charge in [0.05, 0.1) is 0 Å². The van der Waals surface area contributed by atoms with Gasteiger partial charge in [0.2, 0.25) is 15.9 Å². The SMILES string of the molecule is Cc1noc(C)c1S(=O)(=O)N1CCCN(C(=O)CNC(=O)OCc2ccccc2)CC1. The van der Waals surface area contributed by atoms with Gasteiger partial charge in [-0.2, -0.15) is 4.31 Å². The topological polar surface area (TPSA) is 122 Å². The number of ether oxygens (including phenoxy) is 1. The predicted molar refractivity (Wildman–Crippen MR) is 111 cm³/mol. The molecule has 1 aromatic carbocycles. The summed E-state index contributed by atoms with van der Waals surface area (Å²) in [5.41, 5.74) is 1.16. The second kappa shape index (κ2) is 9.92. The molecule has 11 heteroatoms. The first-order valence-electron chi connectivity index (χ1n) is 9.94. The van der Waals surface area contributed by atoms with Crippen molar-refractivity contribution < 1.29 is 27.3 Å². The first kappa shape index (κ1) is 22.8. The van der Waals surface area contributed by atoms with Crippen LogP contribution in [0.5, 0.6) is 0 Å². The summed E-state index contributed by atoms with van der Waals surface area (Å²) in [6.07, 6.45) is -0.207. The van der Waals surface area contributed by atoms with Crippen molar-refractivity contribution >= 4 is 22.0 Å². The molecule has 0 atom stereocenters. The van der Waals surface area contributed by atoms with Crippen LogP contribution in [-0.4, -0.2) is 67.5 Å². The number of alkyl carbamates (subject to hydrolysis) is 1. The minimum atomic E-state index is -3.76. The van der Waals surface area contributed by atoms with E-state index < -0.39 is 16.1 Å². The van der Waals surface area contributed by atoms with Gasteiger partial charge < -0.3 is 19.5 Å². The quantitative estimate of drug-likeness (QED) is 0.707. The number of amides is 2. The van der Waals surface area contributed by atoms with Gasteiger partial charge in [0.25, 0.3) is 0 Å². The molecule has 0 bridgehead atoms. The summed E-state index contributed by atoms with van der Waals surface area (Å²) in [4.78, 5) is 26.0. The fourth-order valence-electron chi connectivity index (χ4n) is 3.39. The first-order chi connectivity index (χ1) is 14.8. The molecule has 0 saturated carbocycles. The van der Waals surface area contributed by atoms with E-state index in [4.69, 9.17) is 9.26 Å². The van der Waals surface area contributed by atoms with Gasteiger partial charge in [0.15, 0.2) is 5.76 Å². The van der Waals surface area contributed by atoms with Crippen molar-refractivity contribution in [3.63, 3.8) is 0 Å². The average Bonchev–Trinajstić information content (AvgIpc) is 2.95. The van der Waals surface area contributed by atoms with Crippen LogP contribution in [0.3, 0.4) is 0 Å². The van der Waals surface area contributed by atoms with E-state index in [-0.39, 0.29) is 49.3 Å². The Balaban J connectivity index is 1.50. The molecule has 0 radical (unpaired) electrons. The lowest BCUT2D eigenvalue weighted by Gasteiger charge is -2.22. The largest absolute Gasteiger partial charge is 0.445 e. The highest BCUT2D eigenvalue weighted by molar-refractivity contribution is 7.89. The number of nitrogens with zero attached hydrogens (tertiary/aromatic N) is 3. The minimum absolute atomic E-state index is 0.0788. The van der Waals surface area contributed by atoms with Crippen LogP contribution in [0.4, 0.5) is 4.79 Å². The van der Waals surface area contributed by atoms with Gasteiger partial charge in [-0.25, -0.2) is 13.2 Å².